The van der Waals surface area contributed by atoms with Crippen LogP contribution >= 0.6 is 11.3 Å². The largest absolute Gasteiger partial charge is 0.310 e. The van der Waals surface area contributed by atoms with E-state index in [0.29, 0.717) is 0 Å². The number of hydrogen-bond donors (Lipinski definition) is 0. The van der Waals surface area contributed by atoms with E-state index in [2.05, 4.69) is 232 Å². The standard InChI is InChI=1S/C59H43NS/c1-58(2)51-24-11-7-20-46(51)49-23-15-22-44(57(49)58)38-28-31-41(32-29-38)60(54-26-13-9-18-43(54)39-30-35-56-50(36-39)48-21-10-14-27-55(48)61-56)42-33-34-47-45-19-8-12-25-52(45)59(3,53(47)37-42)40-16-5-4-6-17-40/h4-37H,1-3H3. The van der Waals surface area contributed by atoms with Gasteiger partial charge in [-0.1, -0.05) is 172 Å². The molecule has 9 aromatic carbocycles. The fourth-order valence-electron chi connectivity index (χ4n) is 10.8. The molecule has 61 heavy (non-hydrogen) atoms. The number of thiophene rings is 1. The molecule has 1 aromatic heterocycles. The molecule has 0 fully saturated rings. The van der Waals surface area contributed by atoms with Crippen molar-refractivity contribution >= 4 is 48.6 Å². The maximum Gasteiger partial charge on any atom is 0.0540 e. The first-order valence-electron chi connectivity index (χ1n) is 21.3. The van der Waals surface area contributed by atoms with Crippen LogP contribution in [0.25, 0.3) is 64.7 Å². The second-order valence-corrected chi connectivity index (χ2v) is 18.5. The van der Waals surface area contributed by atoms with Gasteiger partial charge in [0.2, 0.25) is 0 Å². The van der Waals surface area contributed by atoms with Crippen LogP contribution in [-0.4, -0.2) is 0 Å². The van der Waals surface area contributed by atoms with Crippen LogP contribution in [0.5, 0.6) is 0 Å². The zero-order valence-corrected chi connectivity index (χ0v) is 35.3. The van der Waals surface area contributed by atoms with E-state index in [1.54, 1.807) is 0 Å². The van der Waals surface area contributed by atoms with E-state index < -0.39 is 0 Å². The Hall–Kier alpha value is -7.00. The molecule has 0 amide bonds. The Bertz CT molecular complexity index is 3350. The summed E-state index contributed by atoms with van der Waals surface area (Å²) in [6.07, 6.45) is 0. The minimum Gasteiger partial charge on any atom is -0.310 e. The minimum absolute atomic E-state index is 0.103. The van der Waals surface area contributed by atoms with E-state index in [1.165, 1.54) is 92.5 Å². The first kappa shape index (κ1) is 35.9. The van der Waals surface area contributed by atoms with E-state index in [4.69, 9.17) is 0 Å². The SMILES string of the molecule is CC1(C)c2ccccc2-c2cccc(-c3ccc(N(c4ccc5c(c4)C(C)(c4ccccc4)c4ccccc4-5)c4ccccc4-c4ccc5sc6ccccc6c5c4)cc3)c21. The summed E-state index contributed by atoms with van der Waals surface area (Å²) in [5, 5.41) is 2.62. The lowest BCUT2D eigenvalue weighted by atomic mass is 9.74. The molecule has 2 aliphatic rings. The summed E-state index contributed by atoms with van der Waals surface area (Å²) in [5.74, 6) is 0. The van der Waals surface area contributed by atoms with E-state index in [-0.39, 0.29) is 10.8 Å². The number of hydrogen-bond acceptors (Lipinski definition) is 2. The molecule has 0 N–H and O–H groups in total. The van der Waals surface area contributed by atoms with Crippen LogP contribution in [0.15, 0.2) is 206 Å². The Morgan fingerprint density at radius 2 is 0.967 bits per heavy atom. The lowest BCUT2D eigenvalue weighted by Crippen LogP contribution is -2.22. The smallest absolute Gasteiger partial charge is 0.0540 e. The van der Waals surface area contributed by atoms with Gasteiger partial charge in [-0.15, -0.1) is 11.3 Å². The molecule has 0 bridgehead atoms. The maximum absolute atomic E-state index is 2.49. The highest BCUT2D eigenvalue weighted by atomic mass is 32.1. The predicted octanol–water partition coefficient (Wildman–Crippen LogP) is 16.5. The second-order valence-electron chi connectivity index (χ2n) is 17.4. The van der Waals surface area contributed by atoms with Crippen LogP contribution in [0.3, 0.4) is 0 Å². The summed E-state index contributed by atoms with van der Waals surface area (Å²) in [4.78, 5) is 2.49. The summed E-state index contributed by atoms with van der Waals surface area (Å²) in [7, 11) is 0. The molecule has 1 heterocycles. The van der Waals surface area contributed by atoms with E-state index >= 15 is 0 Å². The number of fused-ring (bicyclic) bond motifs is 9. The zero-order valence-electron chi connectivity index (χ0n) is 34.5. The van der Waals surface area contributed by atoms with Crippen molar-refractivity contribution in [1.29, 1.82) is 0 Å². The molecule has 1 unspecified atom stereocenters. The number of benzene rings is 9. The summed E-state index contributed by atoms with van der Waals surface area (Å²) in [6.45, 7) is 7.15. The van der Waals surface area contributed by atoms with Crippen LogP contribution in [-0.2, 0) is 10.8 Å². The summed E-state index contributed by atoms with van der Waals surface area (Å²) >= 11 is 1.87. The van der Waals surface area contributed by atoms with Crippen molar-refractivity contribution < 1.29 is 0 Å². The average Bonchev–Trinajstić information content (AvgIpc) is 3.90. The molecule has 0 radical (unpaired) electrons. The maximum atomic E-state index is 2.49. The van der Waals surface area contributed by atoms with Gasteiger partial charge in [0.25, 0.3) is 0 Å². The molecule has 0 saturated heterocycles. The van der Waals surface area contributed by atoms with Crippen LogP contribution in [0.4, 0.5) is 17.1 Å². The van der Waals surface area contributed by atoms with Crippen LogP contribution < -0.4 is 4.90 Å². The van der Waals surface area contributed by atoms with Gasteiger partial charge in [-0.05, 0) is 122 Å². The highest BCUT2D eigenvalue weighted by molar-refractivity contribution is 7.25. The van der Waals surface area contributed by atoms with Gasteiger partial charge in [-0.3, -0.25) is 0 Å². The Morgan fingerprint density at radius 3 is 1.79 bits per heavy atom. The topological polar surface area (TPSA) is 3.24 Å². The first-order valence-corrected chi connectivity index (χ1v) is 22.2. The number of anilines is 3. The molecule has 10 aromatic rings. The molecule has 1 nitrogen and oxygen atoms in total. The van der Waals surface area contributed by atoms with Gasteiger partial charge >= 0.3 is 0 Å². The lowest BCUT2D eigenvalue weighted by molar-refractivity contribution is 0.662. The third kappa shape index (κ3) is 5.32. The van der Waals surface area contributed by atoms with Crippen LogP contribution in [0.2, 0.25) is 0 Å². The Kier molecular flexibility index (Phi) is 7.95. The first-order chi connectivity index (χ1) is 29.9. The van der Waals surface area contributed by atoms with Crippen molar-refractivity contribution in [3.63, 3.8) is 0 Å². The molecule has 0 saturated carbocycles. The van der Waals surface area contributed by atoms with E-state index in [9.17, 15) is 0 Å². The normalized spacial score (nSPS) is 15.7. The monoisotopic (exact) mass is 797 g/mol. The van der Waals surface area contributed by atoms with Gasteiger partial charge in [0.15, 0.2) is 0 Å². The lowest BCUT2D eigenvalue weighted by Gasteiger charge is -2.31. The average molecular weight is 798 g/mol. The minimum atomic E-state index is -0.318. The predicted molar refractivity (Wildman–Crippen MR) is 260 cm³/mol. The Morgan fingerprint density at radius 1 is 0.377 bits per heavy atom. The molecule has 0 spiro atoms. The van der Waals surface area contributed by atoms with Crippen LogP contribution in [0, 0.1) is 0 Å². The Labute approximate surface area is 361 Å². The molecule has 0 aliphatic heterocycles. The number of nitrogens with zero attached hydrogens (tertiary/aromatic N) is 1. The number of rotatable bonds is 6. The third-order valence-electron chi connectivity index (χ3n) is 13.8. The van der Waals surface area contributed by atoms with Gasteiger partial charge in [0, 0.05) is 47.9 Å². The molecule has 1 atom stereocenters. The van der Waals surface area contributed by atoms with Gasteiger partial charge in [0.05, 0.1) is 5.69 Å². The Balaban J connectivity index is 1.05. The third-order valence-corrected chi connectivity index (χ3v) is 14.9. The van der Waals surface area contributed by atoms with E-state index in [1.807, 2.05) is 11.3 Å². The van der Waals surface area contributed by atoms with Gasteiger partial charge in [-0.25, -0.2) is 0 Å². The zero-order chi connectivity index (χ0) is 40.9. The molecule has 2 aliphatic carbocycles. The van der Waals surface area contributed by atoms with Gasteiger partial charge < -0.3 is 4.90 Å². The molecular formula is C59H43NS. The molecule has 290 valence electrons. The molecular weight excluding hydrogens is 755 g/mol. The summed E-state index contributed by atoms with van der Waals surface area (Å²) in [6, 6.07) is 77.0. The van der Waals surface area contributed by atoms with Crippen molar-refractivity contribution in [2.45, 2.75) is 31.6 Å². The van der Waals surface area contributed by atoms with Crippen molar-refractivity contribution in [3.05, 3.63) is 234 Å². The summed E-state index contributed by atoms with van der Waals surface area (Å²) in [5.41, 5.74) is 20.0. The molecule has 12 rings (SSSR count). The van der Waals surface area contributed by atoms with Crippen molar-refractivity contribution in [2.75, 3.05) is 4.90 Å². The summed E-state index contributed by atoms with van der Waals surface area (Å²) < 4.78 is 2.63. The number of para-hydroxylation sites is 1. The second kappa shape index (κ2) is 13.5. The highest BCUT2D eigenvalue weighted by Gasteiger charge is 2.41. The van der Waals surface area contributed by atoms with Gasteiger partial charge in [0.1, 0.15) is 0 Å². The van der Waals surface area contributed by atoms with Crippen LogP contribution in [0.1, 0.15) is 48.6 Å². The van der Waals surface area contributed by atoms with Gasteiger partial charge in [-0.2, -0.15) is 0 Å². The molecule has 2 heteroatoms. The fraction of sp³-hybridized carbons (Fsp3) is 0.0847. The quantitative estimate of drug-likeness (QED) is 0.162. The highest BCUT2D eigenvalue weighted by Crippen LogP contribution is 2.55. The fourth-order valence-corrected chi connectivity index (χ4v) is 11.9. The van der Waals surface area contributed by atoms with Crippen molar-refractivity contribution in [1.82, 2.24) is 0 Å². The van der Waals surface area contributed by atoms with Crippen molar-refractivity contribution in [2.24, 2.45) is 0 Å². The van der Waals surface area contributed by atoms with E-state index in [0.717, 1.165) is 17.1 Å². The van der Waals surface area contributed by atoms with Crippen molar-refractivity contribution in [3.8, 4) is 44.5 Å².